The lowest BCUT2D eigenvalue weighted by Gasteiger charge is -2.07. The molecule has 0 unspecified atom stereocenters. The number of carbonyl (C=O) groups excluding carboxylic acids is 1. The normalized spacial score (nSPS) is 9.93. The molecule has 0 saturated heterocycles. The van der Waals surface area contributed by atoms with E-state index in [4.69, 9.17) is 16.3 Å². The molecule has 0 aliphatic heterocycles. The summed E-state index contributed by atoms with van der Waals surface area (Å²) < 4.78 is 5.05. The monoisotopic (exact) mass is 212 g/mol. The topological polar surface area (TPSA) is 26.3 Å². The van der Waals surface area contributed by atoms with Crippen molar-refractivity contribution >= 4 is 17.4 Å². The maximum Gasteiger partial charge on any atom is 0.163 e. The van der Waals surface area contributed by atoms with E-state index < -0.39 is 0 Å². The molecule has 0 radical (unpaired) electrons. The molecule has 0 fully saturated rings. The van der Waals surface area contributed by atoms with E-state index in [2.05, 4.69) is 0 Å². The highest BCUT2D eigenvalue weighted by Crippen LogP contribution is 2.20. The summed E-state index contributed by atoms with van der Waals surface area (Å²) in [6.45, 7) is 1.83. The number of benzene rings is 1. The van der Waals surface area contributed by atoms with Crippen molar-refractivity contribution in [2.24, 2.45) is 0 Å². The van der Waals surface area contributed by atoms with Gasteiger partial charge >= 0.3 is 0 Å². The van der Waals surface area contributed by atoms with Crippen molar-refractivity contribution in [1.82, 2.24) is 0 Å². The van der Waals surface area contributed by atoms with Crippen LogP contribution in [0.25, 0.3) is 0 Å². The summed E-state index contributed by atoms with van der Waals surface area (Å²) in [5.41, 5.74) is 1.53. The summed E-state index contributed by atoms with van der Waals surface area (Å²) in [5, 5.41) is 0. The molecule has 0 saturated carbocycles. The number of alkyl halides is 1. The third-order valence-corrected chi connectivity index (χ3v) is 2.37. The SMILES string of the molecule is CCC(=O)c1cc(OC)ccc1CCl. The van der Waals surface area contributed by atoms with Gasteiger partial charge in [-0.15, -0.1) is 11.6 Å². The summed E-state index contributed by atoms with van der Waals surface area (Å²) in [5.74, 6) is 1.14. The van der Waals surface area contributed by atoms with Gasteiger partial charge in [-0.25, -0.2) is 0 Å². The summed E-state index contributed by atoms with van der Waals surface area (Å²) in [6.07, 6.45) is 0.483. The number of Topliss-reactive ketones (excluding diaryl/α,β-unsaturated/α-hetero) is 1. The second-order valence-corrected chi connectivity index (χ2v) is 3.20. The van der Waals surface area contributed by atoms with Gasteiger partial charge in [0.05, 0.1) is 7.11 Å². The molecule has 0 amide bonds. The summed E-state index contributed by atoms with van der Waals surface area (Å²) in [7, 11) is 1.58. The average Bonchev–Trinajstić information content (AvgIpc) is 2.27. The highest BCUT2D eigenvalue weighted by Gasteiger charge is 2.09. The molecule has 0 atom stereocenters. The predicted molar refractivity (Wildman–Crippen MR) is 57.2 cm³/mol. The van der Waals surface area contributed by atoms with Crippen LogP contribution in [0.15, 0.2) is 18.2 Å². The van der Waals surface area contributed by atoms with E-state index in [1.165, 1.54) is 0 Å². The van der Waals surface area contributed by atoms with Crippen LogP contribution in [0.3, 0.4) is 0 Å². The molecule has 0 aliphatic carbocycles. The minimum Gasteiger partial charge on any atom is -0.497 e. The summed E-state index contributed by atoms with van der Waals surface area (Å²) in [6, 6.07) is 5.38. The molecule has 0 aromatic heterocycles. The fraction of sp³-hybridized carbons (Fsp3) is 0.364. The Morgan fingerprint density at radius 2 is 2.21 bits per heavy atom. The first kappa shape index (κ1) is 11.1. The van der Waals surface area contributed by atoms with Crippen LogP contribution >= 0.6 is 11.6 Å². The van der Waals surface area contributed by atoms with Crippen LogP contribution in [0.4, 0.5) is 0 Å². The van der Waals surface area contributed by atoms with E-state index in [0.29, 0.717) is 23.6 Å². The zero-order valence-electron chi connectivity index (χ0n) is 8.34. The molecule has 1 aromatic rings. The Morgan fingerprint density at radius 1 is 1.50 bits per heavy atom. The molecule has 1 rings (SSSR count). The van der Waals surface area contributed by atoms with Gasteiger partial charge in [0.2, 0.25) is 0 Å². The molecule has 14 heavy (non-hydrogen) atoms. The van der Waals surface area contributed by atoms with Crippen LogP contribution in [0.5, 0.6) is 5.75 Å². The van der Waals surface area contributed by atoms with Gasteiger partial charge in [0, 0.05) is 17.9 Å². The van der Waals surface area contributed by atoms with E-state index in [0.717, 1.165) is 5.56 Å². The molecular formula is C11H13ClO2. The molecule has 2 nitrogen and oxygen atoms in total. The zero-order chi connectivity index (χ0) is 10.6. The number of hydrogen-bond donors (Lipinski definition) is 0. The van der Waals surface area contributed by atoms with Crippen molar-refractivity contribution in [3.8, 4) is 5.75 Å². The van der Waals surface area contributed by atoms with Crippen LogP contribution in [0, 0.1) is 0 Å². The quantitative estimate of drug-likeness (QED) is 0.567. The van der Waals surface area contributed by atoms with Crippen molar-refractivity contribution < 1.29 is 9.53 Å². The molecule has 3 heteroatoms. The minimum absolute atomic E-state index is 0.0968. The lowest BCUT2D eigenvalue weighted by molar-refractivity contribution is 0.0987. The Bertz CT molecular complexity index is 334. The first-order valence-electron chi connectivity index (χ1n) is 4.49. The standard InChI is InChI=1S/C11H13ClO2/c1-3-11(13)10-6-9(14-2)5-4-8(10)7-12/h4-6H,3,7H2,1-2H3. The number of ether oxygens (including phenoxy) is 1. The van der Waals surface area contributed by atoms with E-state index >= 15 is 0 Å². The molecule has 0 aliphatic rings. The highest BCUT2D eigenvalue weighted by atomic mass is 35.5. The molecule has 0 spiro atoms. The van der Waals surface area contributed by atoms with Crippen LogP contribution in [-0.4, -0.2) is 12.9 Å². The maximum absolute atomic E-state index is 11.5. The Hall–Kier alpha value is -1.02. The molecular weight excluding hydrogens is 200 g/mol. The van der Waals surface area contributed by atoms with E-state index in [1.54, 1.807) is 13.2 Å². The maximum atomic E-state index is 11.5. The summed E-state index contributed by atoms with van der Waals surface area (Å²) in [4.78, 5) is 11.5. The predicted octanol–water partition coefficient (Wildman–Crippen LogP) is 3.03. The van der Waals surface area contributed by atoms with Crippen molar-refractivity contribution in [2.45, 2.75) is 19.2 Å². The van der Waals surface area contributed by atoms with Crippen LogP contribution in [0.1, 0.15) is 29.3 Å². The number of methoxy groups -OCH3 is 1. The lowest BCUT2D eigenvalue weighted by Crippen LogP contribution is -2.01. The first-order valence-corrected chi connectivity index (χ1v) is 5.02. The molecule has 0 heterocycles. The number of ketones is 1. The number of carbonyl (C=O) groups is 1. The van der Waals surface area contributed by atoms with E-state index in [-0.39, 0.29) is 5.78 Å². The largest absolute Gasteiger partial charge is 0.497 e. The van der Waals surface area contributed by atoms with Crippen molar-refractivity contribution in [3.05, 3.63) is 29.3 Å². The Morgan fingerprint density at radius 3 is 2.71 bits per heavy atom. The number of hydrogen-bond acceptors (Lipinski definition) is 2. The summed E-state index contributed by atoms with van der Waals surface area (Å²) >= 11 is 5.74. The highest BCUT2D eigenvalue weighted by molar-refractivity contribution is 6.17. The van der Waals surface area contributed by atoms with Gasteiger partial charge in [0.25, 0.3) is 0 Å². The molecule has 0 bridgehead atoms. The van der Waals surface area contributed by atoms with Crippen molar-refractivity contribution in [2.75, 3.05) is 7.11 Å². The third kappa shape index (κ3) is 2.26. The fourth-order valence-electron chi connectivity index (χ4n) is 1.25. The molecule has 0 N–H and O–H groups in total. The number of rotatable bonds is 4. The van der Waals surface area contributed by atoms with Crippen molar-refractivity contribution in [3.63, 3.8) is 0 Å². The van der Waals surface area contributed by atoms with Gasteiger partial charge in [-0.1, -0.05) is 13.0 Å². The molecule has 1 aromatic carbocycles. The van der Waals surface area contributed by atoms with Gasteiger partial charge in [0.15, 0.2) is 5.78 Å². The molecule has 76 valence electrons. The van der Waals surface area contributed by atoms with Crippen LogP contribution in [0.2, 0.25) is 0 Å². The Kier molecular flexibility index (Phi) is 3.96. The Labute approximate surface area is 88.8 Å². The van der Waals surface area contributed by atoms with Gasteiger partial charge in [-0.3, -0.25) is 4.79 Å². The van der Waals surface area contributed by atoms with Gasteiger partial charge < -0.3 is 4.74 Å². The lowest BCUT2D eigenvalue weighted by atomic mass is 10.0. The average molecular weight is 213 g/mol. The van der Waals surface area contributed by atoms with Gasteiger partial charge in [-0.05, 0) is 17.7 Å². The smallest absolute Gasteiger partial charge is 0.163 e. The second-order valence-electron chi connectivity index (χ2n) is 2.93. The Balaban J connectivity index is 3.14. The van der Waals surface area contributed by atoms with E-state index in [9.17, 15) is 4.79 Å². The third-order valence-electron chi connectivity index (χ3n) is 2.08. The van der Waals surface area contributed by atoms with Crippen LogP contribution < -0.4 is 4.74 Å². The fourth-order valence-corrected chi connectivity index (χ4v) is 1.48. The minimum atomic E-state index is 0.0968. The first-order chi connectivity index (χ1) is 6.72. The van der Waals surface area contributed by atoms with Gasteiger partial charge in [0.1, 0.15) is 5.75 Å². The van der Waals surface area contributed by atoms with Crippen molar-refractivity contribution in [1.29, 1.82) is 0 Å². The van der Waals surface area contributed by atoms with Crippen LogP contribution in [-0.2, 0) is 5.88 Å². The second kappa shape index (κ2) is 5.01. The van der Waals surface area contributed by atoms with E-state index in [1.807, 2.05) is 19.1 Å². The van der Waals surface area contributed by atoms with Gasteiger partial charge in [-0.2, -0.15) is 0 Å². The number of halogens is 1. The zero-order valence-corrected chi connectivity index (χ0v) is 9.10.